The van der Waals surface area contributed by atoms with Crippen LogP contribution in [0.4, 0.5) is 5.69 Å². The summed E-state index contributed by atoms with van der Waals surface area (Å²) in [5.74, 6) is 0.994. The smallest absolute Gasteiger partial charge is 0.277 e. The lowest BCUT2D eigenvalue weighted by Gasteiger charge is -2.10. The van der Waals surface area contributed by atoms with Crippen molar-refractivity contribution in [2.24, 2.45) is 0 Å². The van der Waals surface area contributed by atoms with Gasteiger partial charge < -0.3 is 9.73 Å². The molecule has 0 radical (unpaired) electrons. The minimum Gasteiger partial charge on any atom is -0.416 e. The van der Waals surface area contributed by atoms with Gasteiger partial charge in [-0.25, -0.2) is 9.67 Å². The molecule has 3 aromatic rings. The highest BCUT2D eigenvalue weighted by Gasteiger charge is 2.29. The van der Waals surface area contributed by atoms with E-state index in [-0.39, 0.29) is 11.7 Å². The lowest BCUT2D eigenvalue weighted by Crippen LogP contribution is -2.16. The van der Waals surface area contributed by atoms with Gasteiger partial charge in [-0.05, 0) is 31.0 Å². The summed E-state index contributed by atoms with van der Waals surface area (Å²) in [5.41, 5.74) is 1.22. The summed E-state index contributed by atoms with van der Waals surface area (Å²) in [6.07, 6.45) is 5.15. The van der Waals surface area contributed by atoms with Gasteiger partial charge >= 0.3 is 0 Å². The number of carbonyl (C=O) groups is 1. The topological polar surface area (TPSA) is 98.7 Å². The minimum atomic E-state index is -0.209. The van der Waals surface area contributed by atoms with Crippen LogP contribution >= 0.6 is 23.4 Å². The molecule has 25 heavy (non-hydrogen) atoms. The van der Waals surface area contributed by atoms with Crippen molar-refractivity contribution in [3.63, 3.8) is 0 Å². The molecule has 1 fully saturated rings. The molecule has 0 bridgehead atoms. The molecule has 4 rings (SSSR count). The molecule has 128 valence electrons. The van der Waals surface area contributed by atoms with Crippen molar-refractivity contribution in [1.29, 1.82) is 0 Å². The highest BCUT2D eigenvalue weighted by molar-refractivity contribution is 7.99. The summed E-state index contributed by atoms with van der Waals surface area (Å²) >= 11 is 7.24. The Morgan fingerprint density at radius 2 is 2.28 bits per heavy atom. The molecule has 1 N–H and O–H groups in total. The second-order valence-corrected chi connectivity index (χ2v) is 6.88. The predicted molar refractivity (Wildman–Crippen MR) is 92.0 cm³/mol. The number of hydrogen-bond donors (Lipinski definition) is 1. The Kier molecular flexibility index (Phi) is 4.41. The molecular weight excluding hydrogens is 364 g/mol. The van der Waals surface area contributed by atoms with Gasteiger partial charge in [-0.15, -0.1) is 10.2 Å². The minimum absolute atomic E-state index is 0.148. The maximum atomic E-state index is 12.3. The molecular formula is C15H13ClN6O2S. The Bertz CT molecular complexity index is 893. The van der Waals surface area contributed by atoms with Crippen molar-refractivity contribution in [1.82, 2.24) is 25.0 Å². The number of nitrogens with zero attached hydrogens (tertiary/aromatic N) is 5. The average molecular weight is 377 g/mol. The van der Waals surface area contributed by atoms with Crippen LogP contribution in [0.1, 0.15) is 24.7 Å². The zero-order valence-electron chi connectivity index (χ0n) is 12.9. The SMILES string of the molecule is O=C(CSc1nnc(C2CC2)o1)Nc1cc(Cl)ccc1-n1cncn1. The highest BCUT2D eigenvalue weighted by atomic mass is 35.5. The van der Waals surface area contributed by atoms with E-state index < -0.39 is 0 Å². The Morgan fingerprint density at radius 3 is 3.04 bits per heavy atom. The monoisotopic (exact) mass is 376 g/mol. The van der Waals surface area contributed by atoms with E-state index in [0.717, 1.165) is 12.8 Å². The molecule has 1 aliphatic carbocycles. The number of aromatic nitrogens is 5. The molecule has 0 saturated heterocycles. The molecule has 2 heterocycles. The van der Waals surface area contributed by atoms with E-state index in [1.54, 1.807) is 29.2 Å². The summed E-state index contributed by atoms with van der Waals surface area (Å²) in [6, 6.07) is 5.15. The molecule has 8 nitrogen and oxygen atoms in total. The standard InChI is InChI=1S/C15H13ClN6O2S/c16-10-3-4-12(22-8-17-7-18-22)11(5-10)19-13(23)6-25-15-21-20-14(24-15)9-1-2-9/h3-5,7-9H,1-2,6H2,(H,19,23). The Balaban J connectivity index is 1.42. The predicted octanol–water partition coefficient (Wildman–Crippen LogP) is 2.91. The van der Waals surface area contributed by atoms with Crippen LogP contribution in [0.3, 0.4) is 0 Å². The van der Waals surface area contributed by atoms with Gasteiger partial charge in [-0.3, -0.25) is 4.79 Å². The summed E-state index contributed by atoms with van der Waals surface area (Å²) < 4.78 is 7.08. The second kappa shape index (κ2) is 6.85. The maximum absolute atomic E-state index is 12.3. The van der Waals surface area contributed by atoms with E-state index in [0.29, 0.717) is 33.4 Å². The Labute approximate surface area is 152 Å². The zero-order chi connectivity index (χ0) is 17.2. The van der Waals surface area contributed by atoms with Gasteiger partial charge in [0.1, 0.15) is 12.7 Å². The first-order valence-electron chi connectivity index (χ1n) is 7.59. The van der Waals surface area contributed by atoms with Crippen LogP contribution in [0.5, 0.6) is 0 Å². The molecule has 0 aliphatic heterocycles. The lowest BCUT2D eigenvalue weighted by atomic mass is 10.2. The molecule has 1 amide bonds. The Hall–Kier alpha value is -2.39. The van der Waals surface area contributed by atoms with Crippen LogP contribution in [0.2, 0.25) is 5.02 Å². The first-order valence-corrected chi connectivity index (χ1v) is 8.96. The van der Waals surface area contributed by atoms with Crippen molar-refractivity contribution < 1.29 is 9.21 Å². The quantitative estimate of drug-likeness (QED) is 0.660. The van der Waals surface area contributed by atoms with E-state index in [9.17, 15) is 4.79 Å². The van der Waals surface area contributed by atoms with Gasteiger partial charge in [0.2, 0.25) is 11.8 Å². The number of halogens is 1. The van der Waals surface area contributed by atoms with Gasteiger partial charge in [-0.2, -0.15) is 5.10 Å². The van der Waals surface area contributed by atoms with Gasteiger partial charge in [-0.1, -0.05) is 23.4 Å². The largest absolute Gasteiger partial charge is 0.416 e. The van der Waals surface area contributed by atoms with Crippen molar-refractivity contribution in [2.75, 3.05) is 11.1 Å². The third-order valence-corrected chi connectivity index (χ3v) is 4.63. The number of carbonyl (C=O) groups excluding carboxylic acids is 1. The van der Waals surface area contributed by atoms with Crippen LogP contribution in [0.15, 0.2) is 40.5 Å². The van der Waals surface area contributed by atoms with Crippen molar-refractivity contribution in [3.8, 4) is 5.69 Å². The van der Waals surface area contributed by atoms with E-state index in [4.69, 9.17) is 16.0 Å². The number of amides is 1. The number of rotatable bonds is 6. The first-order chi connectivity index (χ1) is 12.2. The number of anilines is 1. The van der Waals surface area contributed by atoms with Crippen LogP contribution in [0, 0.1) is 0 Å². The molecule has 10 heteroatoms. The lowest BCUT2D eigenvalue weighted by molar-refractivity contribution is -0.113. The van der Waals surface area contributed by atoms with E-state index in [1.165, 1.54) is 18.1 Å². The van der Waals surface area contributed by atoms with Crippen LogP contribution in [0.25, 0.3) is 5.69 Å². The summed E-state index contributed by atoms with van der Waals surface area (Å²) in [6.45, 7) is 0. The average Bonchev–Trinajstić information content (AvgIpc) is 3.10. The van der Waals surface area contributed by atoms with E-state index in [1.807, 2.05) is 0 Å². The van der Waals surface area contributed by atoms with E-state index >= 15 is 0 Å². The van der Waals surface area contributed by atoms with E-state index in [2.05, 4.69) is 25.6 Å². The fourth-order valence-electron chi connectivity index (χ4n) is 2.23. The van der Waals surface area contributed by atoms with Crippen LogP contribution in [-0.2, 0) is 4.79 Å². The van der Waals surface area contributed by atoms with Crippen LogP contribution in [-0.4, -0.2) is 36.6 Å². The molecule has 2 aromatic heterocycles. The Morgan fingerprint density at radius 1 is 1.40 bits per heavy atom. The fourth-order valence-corrected chi connectivity index (χ4v) is 2.97. The third-order valence-electron chi connectivity index (χ3n) is 3.57. The second-order valence-electron chi connectivity index (χ2n) is 5.52. The normalized spacial score (nSPS) is 13.8. The highest BCUT2D eigenvalue weighted by Crippen LogP contribution is 2.39. The number of thioether (sulfide) groups is 1. The van der Waals surface area contributed by atoms with Gasteiger partial charge in [0, 0.05) is 10.9 Å². The zero-order valence-corrected chi connectivity index (χ0v) is 14.5. The molecule has 1 aromatic carbocycles. The van der Waals surface area contributed by atoms with Crippen molar-refractivity contribution >= 4 is 35.0 Å². The fraction of sp³-hybridized carbons (Fsp3) is 0.267. The van der Waals surface area contributed by atoms with Gasteiger partial charge in [0.15, 0.2) is 0 Å². The summed E-state index contributed by atoms with van der Waals surface area (Å²) in [7, 11) is 0. The summed E-state index contributed by atoms with van der Waals surface area (Å²) in [5, 5.41) is 15.8. The van der Waals surface area contributed by atoms with Gasteiger partial charge in [0.25, 0.3) is 5.22 Å². The maximum Gasteiger partial charge on any atom is 0.277 e. The molecule has 1 aliphatic rings. The molecule has 1 saturated carbocycles. The number of benzene rings is 1. The molecule has 0 unspecified atom stereocenters. The summed E-state index contributed by atoms with van der Waals surface area (Å²) in [4.78, 5) is 16.2. The van der Waals surface area contributed by atoms with Crippen LogP contribution < -0.4 is 5.32 Å². The molecule has 0 atom stereocenters. The van der Waals surface area contributed by atoms with Crippen molar-refractivity contribution in [3.05, 3.63) is 41.8 Å². The number of hydrogen-bond acceptors (Lipinski definition) is 7. The molecule has 0 spiro atoms. The third kappa shape index (κ3) is 3.83. The van der Waals surface area contributed by atoms with Gasteiger partial charge in [0.05, 0.1) is 17.1 Å². The van der Waals surface area contributed by atoms with Crippen molar-refractivity contribution in [2.45, 2.75) is 24.0 Å². The number of nitrogens with one attached hydrogen (secondary N) is 1. The first kappa shape index (κ1) is 16.1.